The summed E-state index contributed by atoms with van der Waals surface area (Å²) in [6.45, 7) is 5.51. The van der Waals surface area contributed by atoms with E-state index in [0.29, 0.717) is 17.6 Å². The number of thiophene rings is 1. The highest BCUT2D eigenvalue weighted by Gasteiger charge is 2.12. The van der Waals surface area contributed by atoms with Gasteiger partial charge in [0.1, 0.15) is 0 Å². The van der Waals surface area contributed by atoms with Crippen molar-refractivity contribution in [3.8, 4) is 0 Å². The van der Waals surface area contributed by atoms with Crippen LogP contribution in [-0.2, 0) is 16.4 Å². The molecule has 4 nitrogen and oxygen atoms in total. The summed E-state index contributed by atoms with van der Waals surface area (Å²) in [6, 6.07) is 10.6. The van der Waals surface area contributed by atoms with Gasteiger partial charge in [-0.25, -0.2) is 8.42 Å². The van der Waals surface area contributed by atoms with Crippen molar-refractivity contribution in [1.82, 2.24) is 5.32 Å². The first-order chi connectivity index (χ1) is 13.4. The summed E-state index contributed by atoms with van der Waals surface area (Å²) in [5.41, 5.74) is 3.34. The van der Waals surface area contributed by atoms with Crippen molar-refractivity contribution >= 4 is 27.0 Å². The van der Waals surface area contributed by atoms with E-state index in [9.17, 15) is 8.42 Å². The highest BCUT2D eigenvalue weighted by molar-refractivity contribution is 7.92. The summed E-state index contributed by atoms with van der Waals surface area (Å²) in [5, 5.41) is 8.16. The number of hydrogen-bond donors (Lipinski definition) is 2. The summed E-state index contributed by atoms with van der Waals surface area (Å²) in [4.78, 5) is 0. The largest absolute Gasteiger partial charge is 0.314 e. The first-order valence-corrected chi connectivity index (χ1v) is 13.1. The number of sulfonamides is 1. The first kappa shape index (κ1) is 22.9. The molecule has 0 aliphatic heterocycles. The fourth-order valence-corrected chi connectivity index (χ4v) is 4.86. The van der Waals surface area contributed by atoms with E-state index < -0.39 is 10.0 Å². The minimum atomic E-state index is -3.22. The highest BCUT2D eigenvalue weighted by Crippen LogP contribution is 2.26. The lowest BCUT2D eigenvalue weighted by atomic mass is 9.91. The van der Waals surface area contributed by atoms with Crippen molar-refractivity contribution in [2.45, 2.75) is 64.3 Å². The summed E-state index contributed by atoms with van der Waals surface area (Å²) in [6.07, 6.45) is 8.07. The molecule has 2 rings (SSSR count). The minimum absolute atomic E-state index is 0.510. The van der Waals surface area contributed by atoms with E-state index in [1.165, 1.54) is 30.2 Å². The van der Waals surface area contributed by atoms with Crippen LogP contribution in [0.2, 0.25) is 0 Å². The van der Waals surface area contributed by atoms with Crippen LogP contribution in [0.5, 0.6) is 0 Å². The fourth-order valence-electron chi connectivity index (χ4n) is 3.62. The number of rotatable bonds is 13. The lowest BCUT2D eigenvalue weighted by Gasteiger charge is -2.20. The Morgan fingerprint density at radius 1 is 1.07 bits per heavy atom. The van der Waals surface area contributed by atoms with Crippen LogP contribution < -0.4 is 10.0 Å². The zero-order valence-corrected chi connectivity index (χ0v) is 18.9. The Bertz CT molecular complexity index is 771. The van der Waals surface area contributed by atoms with Crippen LogP contribution in [-0.4, -0.2) is 27.3 Å². The number of hydrogen-bond acceptors (Lipinski definition) is 4. The Morgan fingerprint density at radius 2 is 1.82 bits per heavy atom. The molecule has 1 aromatic carbocycles. The molecule has 0 fully saturated rings. The molecule has 2 aromatic rings. The number of anilines is 1. The molecule has 6 heteroatoms. The van der Waals surface area contributed by atoms with Gasteiger partial charge in [0.2, 0.25) is 10.0 Å². The average Bonchev–Trinajstić information content (AvgIpc) is 3.14. The Hall–Kier alpha value is -1.37. The maximum atomic E-state index is 11.3. The van der Waals surface area contributed by atoms with Crippen molar-refractivity contribution in [3.05, 3.63) is 52.2 Å². The van der Waals surface area contributed by atoms with Crippen LogP contribution in [0, 0.1) is 0 Å². The van der Waals surface area contributed by atoms with Gasteiger partial charge >= 0.3 is 0 Å². The molecule has 0 saturated carbocycles. The third-order valence-corrected chi connectivity index (χ3v) is 6.38. The topological polar surface area (TPSA) is 58.2 Å². The second-order valence-electron chi connectivity index (χ2n) is 7.52. The Balaban J connectivity index is 1.80. The van der Waals surface area contributed by atoms with Gasteiger partial charge in [0.25, 0.3) is 0 Å². The van der Waals surface area contributed by atoms with Crippen LogP contribution >= 0.6 is 11.3 Å². The maximum absolute atomic E-state index is 11.3. The monoisotopic (exact) mass is 422 g/mol. The van der Waals surface area contributed by atoms with Gasteiger partial charge in [-0.1, -0.05) is 32.4 Å². The molecule has 1 heterocycles. The van der Waals surface area contributed by atoms with Gasteiger partial charge in [-0.15, -0.1) is 0 Å². The van der Waals surface area contributed by atoms with Gasteiger partial charge < -0.3 is 5.32 Å². The first-order valence-electron chi connectivity index (χ1n) is 10.2. The molecule has 2 atom stereocenters. The van der Waals surface area contributed by atoms with Crippen molar-refractivity contribution in [3.63, 3.8) is 0 Å². The highest BCUT2D eigenvalue weighted by atomic mass is 32.2. The van der Waals surface area contributed by atoms with Gasteiger partial charge in [0.05, 0.1) is 6.26 Å². The van der Waals surface area contributed by atoms with Crippen molar-refractivity contribution < 1.29 is 8.42 Å². The van der Waals surface area contributed by atoms with E-state index in [2.05, 4.69) is 40.7 Å². The van der Waals surface area contributed by atoms with E-state index in [-0.39, 0.29) is 0 Å². The maximum Gasteiger partial charge on any atom is 0.229 e. The third-order valence-electron chi connectivity index (χ3n) is 5.04. The van der Waals surface area contributed by atoms with Gasteiger partial charge in [-0.05, 0) is 84.7 Å². The molecule has 2 unspecified atom stereocenters. The SMILES string of the molecule is CCCC(Cc1ccsc1)NCCCC(CC)c1ccc(NS(C)(=O)=O)cc1. The lowest BCUT2D eigenvalue weighted by molar-refractivity contribution is 0.452. The number of nitrogens with one attached hydrogen (secondary N) is 2. The van der Waals surface area contributed by atoms with Crippen LogP contribution in [0.4, 0.5) is 5.69 Å². The molecule has 28 heavy (non-hydrogen) atoms. The predicted octanol–water partition coefficient (Wildman–Crippen LogP) is 5.39. The van der Waals surface area contributed by atoms with Crippen molar-refractivity contribution in [1.29, 1.82) is 0 Å². The lowest BCUT2D eigenvalue weighted by Crippen LogP contribution is -2.32. The molecule has 0 radical (unpaired) electrons. The van der Waals surface area contributed by atoms with E-state index in [4.69, 9.17) is 0 Å². The van der Waals surface area contributed by atoms with E-state index in [1.54, 1.807) is 11.3 Å². The van der Waals surface area contributed by atoms with Crippen molar-refractivity contribution in [2.75, 3.05) is 17.5 Å². The standard InChI is InChI=1S/C22H34N2O2S2/c1-4-7-22(16-18-13-15-27-17-18)23-14-6-8-19(5-2)20-9-11-21(12-10-20)24-28(3,25)26/h9-13,15,17,19,22-24H,4-8,14,16H2,1-3H3. The molecule has 0 spiro atoms. The van der Waals surface area contributed by atoms with Crippen molar-refractivity contribution in [2.24, 2.45) is 0 Å². The molecule has 0 bridgehead atoms. The van der Waals surface area contributed by atoms with Gasteiger partial charge in [-0.3, -0.25) is 4.72 Å². The second-order valence-corrected chi connectivity index (χ2v) is 10.0. The Morgan fingerprint density at radius 3 is 2.39 bits per heavy atom. The molecule has 0 aliphatic rings. The normalized spacial score (nSPS) is 14.0. The van der Waals surface area contributed by atoms with Crippen LogP contribution in [0.3, 0.4) is 0 Å². The van der Waals surface area contributed by atoms with E-state index >= 15 is 0 Å². The van der Waals surface area contributed by atoms with Gasteiger partial charge in [-0.2, -0.15) is 11.3 Å². The summed E-state index contributed by atoms with van der Waals surface area (Å²) in [7, 11) is -3.22. The molecule has 156 valence electrons. The third kappa shape index (κ3) is 8.33. The number of benzene rings is 1. The second kappa shape index (κ2) is 11.6. The zero-order valence-electron chi connectivity index (χ0n) is 17.3. The van der Waals surface area contributed by atoms with E-state index in [1.807, 2.05) is 24.3 Å². The fraction of sp³-hybridized carbons (Fsp3) is 0.545. The van der Waals surface area contributed by atoms with Crippen LogP contribution in [0.15, 0.2) is 41.1 Å². The zero-order chi connectivity index (χ0) is 20.4. The molecule has 0 aliphatic carbocycles. The smallest absolute Gasteiger partial charge is 0.229 e. The minimum Gasteiger partial charge on any atom is -0.314 e. The molecular weight excluding hydrogens is 388 g/mol. The van der Waals surface area contributed by atoms with Gasteiger partial charge in [0, 0.05) is 11.7 Å². The van der Waals surface area contributed by atoms with Gasteiger partial charge in [0.15, 0.2) is 0 Å². The Labute approximate surface area is 174 Å². The van der Waals surface area contributed by atoms with E-state index in [0.717, 1.165) is 32.2 Å². The molecule has 2 N–H and O–H groups in total. The quantitative estimate of drug-likeness (QED) is 0.425. The van der Waals surface area contributed by atoms with Crippen LogP contribution in [0.25, 0.3) is 0 Å². The molecule has 1 aromatic heterocycles. The average molecular weight is 423 g/mol. The molecule has 0 amide bonds. The summed E-state index contributed by atoms with van der Waals surface area (Å²) < 4.78 is 25.2. The predicted molar refractivity (Wildman–Crippen MR) is 122 cm³/mol. The molecular formula is C22H34N2O2S2. The Kier molecular flexibility index (Phi) is 9.48. The molecule has 0 saturated heterocycles. The summed E-state index contributed by atoms with van der Waals surface area (Å²) in [5.74, 6) is 0.510. The summed E-state index contributed by atoms with van der Waals surface area (Å²) >= 11 is 1.77. The van der Waals surface area contributed by atoms with Crippen LogP contribution in [0.1, 0.15) is 63.0 Å².